The van der Waals surface area contributed by atoms with Crippen molar-refractivity contribution < 1.29 is 32.2 Å². The lowest BCUT2D eigenvalue weighted by atomic mass is 10.1. The molecule has 0 aliphatic carbocycles. The predicted molar refractivity (Wildman–Crippen MR) is 152 cm³/mol. The van der Waals surface area contributed by atoms with Crippen molar-refractivity contribution in [2.75, 3.05) is 38.6 Å². The number of anilines is 1. The van der Waals surface area contributed by atoms with Crippen molar-refractivity contribution in [1.29, 1.82) is 0 Å². The molecule has 42 heavy (non-hydrogen) atoms. The van der Waals surface area contributed by atoms with Gasteiger partial charge in [-0.3, -0.25) is 19.5 Å². The quantitative estimate of drug-likeness (QED) is 0.248. The molecule has 0 bridgehead atoms. The van der Waals surface area contributed by atoms with E-state index >= 15 is 0 Å². The number of hydrogen-bond acceptors (Lipinski definition) is 6. The highest BCUT2D eigenvalue weighted by atomic mass is 19.4. The molecule has 1 fully saturated rings. The highest BCUT2D eigenvalue weighted by Crippen LogP contribution is 2.34. The summed E-state index contributed by atoms with van der Waals surface area (Å²) in [5.41, 5.74) is -0.482. The Morgan fingerprint density at radius 2 is 1.64 bits per heavy atom. The molecule has 0 spiro atoms. The summed E-state index contributed by atoms with van der Waals surface area (Å²) in [7, 11) is 1.50. The first-order chi connectivity index (χ1) is 20.2. The van der Waals surface area contributed by atoms with Crippen LogP contribution in [0.5, 0.6) is 17.2 Å². The van der Waals surface area contributed by atoms with E-state index in [1.807, 2.05) is 6.07 Å². The summed E-state index contributed by atoms with van der Waals surface area (Å²) >= 11 is 0. The van der Waals surface area contributed by atoms with Crippen LogP contribution in [-0.4, -0.2) is 55.0 Å². The van der Waals surface area contributed by atoms with Crippen molar-refractivity contribution in [3.05, 3.63) is 89.7 Å². The van der Waals surface area contributed by atoms with Crippen LogP contribution >= 0.6 is 0 Å². The van der Waals surface area contributed by atoms with Crippen molar-refractivity contribution in [2.45, 2.75) is 19.0 Å². The van der Waals surface area contributed by atoms with Crippen molar-refractivity contribution in [3.63, 3.8) is 0 Å². The van der Waals surface area contributed by atoms with Crippen molar-refractivity contribution >= 4 is 28.3 Å². The van der Waals surface area contributed by atoms with Crippen LogP contribution in [0.2, 0.25) is 0 Å². The molecule has 1 aliphatic heterocycles. The van der Waals surface area contributed by atoms with E-state index in [0.29, 0.717) is 23.4 Å². The molecule has 11 heteroatoms. The molecule has 4 aromatic rings. The third-order valence-corrected chi connectivity index (χ3v) is 6.87. The maximum absolute atomic E-state index is 13.6. The van der Waals surface area contributed by atoms with E-state index < -0.39 is 17.6 Å². The summed E-state index contributed by atoms with van der Waals surface area (Å²) in [6.45, 7) is 2.78. The zero-order chi connectivity index (χ0) is 29.7. The maximum Gasteiger partial charge on any atom is 0.416 e. The Kier molecular flexibility index (Phi) is 8.58. The number of carbonyl (C=O) groups is 2. The lowest BCUT2D eigenvalue weighted by Crippen LogP contribution is -2.25. The number of nitrogens with zero attached hydrogens (tertiary/aromatic N) is 2. The molecule has 0 radical (unpaired) electrons. The van der Waals surface area contributed by atoms with Crippen LogP contribution in [0.15, 0.2) is 72.9 Å². The second-order valence-corrected chi connectivity index (χ2v) is 9.88. The number of alkyl halides is 3. The van der Waals surface area contributed by atoms with Gasteiger partial charge in [-0.1, -0.05) is 12.1 Å². The number of carbonyl (C=O) groups excluding carboxylic acids is 2. The average Bonchev–Trinajstić information content (AvgIpc) is 3.49. The minimum atomic E-state index is -4.61. The number of benzene rings is 3. The fraction of sp³-hybridized carbons (Fsp3) is 0.258. The Bertz CT molecular complexity index is 1600. The molecule has 2 amide bonds. The number of halogens is 3. The minimum absolute atomic E-state index is 0.0206. The second kappa shape index (κ2) is 12.5. The molecule has 3 aromatic carbocycles. The van der Waals surface area contributed by atoms with Crippen LogP contribution < -0.4 is 20.1 Å². The monoisotopic (exact) mass is 578 g/mol. The van der Waals surface area contributed by atoms with Gasteiger partial charge in [0.25, 0.3) is 11.8 Å². The molecule has 1 saturated heterocycles. The van der Waals surface area contributed by atoms with Gasteiger partial charge in [0, 0.05) is 43.2 Å². The summed E-state index contributed by atoms with van der Waals surface area (Å²) in [6, 6.07) is 16.6. The van der Waals surface area contributed by atoms with Gasteiger partial charge in [-0.2, -0.15) is 13.2 Å². The Morgan fingerprint density at radius 1 is 0.881 bits per heavy atom. The number of rotatable bonds is 9. The third-order valence-electron chi connectivity index (χ3n) is 6.87. The summed E-state index contributed by atoms with van der Waals surface area (Å²) in [5, 5.41) is 6.59. The van der Waals surface area contributed by atoms with Crippen LogP contribution in [0, 0.1) is 0 Å². The van der Waals surface area contributed by atoms with E-state index in [1.165, 1.54) is 25.4 Å². The fourth-order valence-corrected chi connectivity index (χ4v) is 4.71. The van der Waals surface area contributed by atoms with E-state index in [0.717, 1.165) is 43.5 Å². The minimum Gasteiger partial charge on any atom is -0.492 e. The number of likely N-dealkylation sites (tertiary alicyclic amines) is 1. The summed E-state index contributed by atoms with van der Waals surface area (Å²) < 4.78 is 52.4. The summed E-state index contributed by atoms with van der Waals surface area (Å²) in [5.74, 6) is -0.0241. The number of ether oxygens (including phenoxy) is 2. The predicted octanol–water partition coefficient (Wildman–Crippen LogP) is 6.13. The van der Waals surface area contributed by atoms with Gasteiger partial charge in [0.15, 0.2) is 0 Å². The first kappa shape index (κ1) is 28.9. The summed E-state index contributed by atoms with van der Waals surface area (Å²) in [4.78, 5) is 31.2. The second-order valence-electron chi connectivity index (χ2n) is 9.88. The first-order valence-electron chi connectivity index (χ1n) is 13.5. The van der Waals surface area contributed by atoms with Gasteiger partial charge in [-0.05, 0) is 79.2 Å². The Morgan fingerprint density at radius 3 is 2.40 bits per heavy atom. The van der Waals surface area contributed by atoms with E-state index in [4.69, 9.17) is 9.47 Å². The molecule has 1 aliphatic rings. The Labute approximate surface area is 240 Å². The van der Waals surface area contributed by atoms with Crippen LogP contribution in [0.1, 0.15) is 39.3 Å². The van der Waals surface area contributed by atoms with Crippen LogP contribution in [0.4, 0.5) is 18.9 Å². The highest BCUT2D eigenvalue weighted by Gasteiger charge is 2.32. The molecule has 1 aromatic heterocycles. The van der Waals surface area contributed by atoms with Gasteiger partial charge in [-0.15, -0.1) is 0 Å². The molecule has 2 N–H and O–H groups in total. The van der Waals surface area contributed by atoms with Crippen LogP contribution in [0.25, 0.3) is 10.8 Å². The molecule has 0 saturated carbocycles. The lowest BCUT2D eigenvalue weighted by molar-refractivity contribution is -0.137. The molecule has 0 unspecified atom stereocenters. The standard InChI is InChI=1S/C31H29F3N4O4/c1-35-30(40)28-19-26(8-9-36-28)42-25-7-6-20-4-5-21(14-22(20)15-25)29(39)37-24-16-23(31(32,33)34)17-27(18-24)41-13-12-38-10-2-3-11-38/h4-9,14-19H,2-3,10-13H2,1H3,(H,35,40)(H,37,39). The van der Waals surface area contributed by atoms with Gasteiger partial charge in [-0.25, -0.2) is 0 Å². The smallest absolute Gasteiger partial charge is 0.416 e. The van der Waals surface area contributed by atoms with E-state index in [9.17, 15) is 22.8 Å². The van der Waals surface area contributed by atoms with E-state index in [1.54, 1.807) is 36.4 Å². The number of aromatic nitrogens is 1. The van der Waals surface area contributed by atoms with Crippen LogP contribution in [0.3, 0.4) is 0 Å². The largest absolute Gasteiger partial charge is 0.492 e. The van der Waals surface area contributed by atoms with Crippen molar-refractivity contribution in [1.82, 2.24) is 15.2 Å². The molecule has 5 rings (SSSR count). The summed E-state index contributed by atoms with van der Waals surface area (Å²) in [6.07, 6.45) is -0.939. The molecule has 218 valence electrons. The number of nitrogens with one attached hydrogen (secondary N) is 2. The molecule has 8 nitrogen and oxygen atoms in total. The fourth-order valence-electron chi connectivity index (χ4n) is 4.71. The first-order valence-corrected chi connectivity index (χ1v) is 13.5. The SMILES string of the molecule is CNC(=O)c1cc(Oc2ccc3ccc(C(=O)Nc4cc(OCCN5CCCC5)cc(C(F)(F)F)c4)cc3c2)ccn1. The zero-order valence-electron chi connectivity index (χ0n) is 22.8. The van der Waals surface area contributed by atoms with Gasteiger partial charge in [0.2, 0.25) is 0 Å². The molecule has 2 heterocycles. The zero-order valence-corrected chi connectivity index (χ0v) is 22.8. The van der Waals surface area contributed by atoms with E-state index in [2.05, 4.69) is 20.5 Å². The van der Waals surface area contributed by atoms with Gasteiger partial charge >= 0.3 is 6.18 Å². The molecular formula is C31H29F3N4O4. The van der Waals surface area contributed by atoms with E-state index in [-0.39, 0.29) is 35.2 Å². The number of hydrogen-bond donors (Lipinski definition) is 2. The average molecular weight is 579 g/mol. The Balaban J connectivity index is 1.32. The van der Waals surface area contributed by atoms with Crippen LogP contribution in [-0.2, 0) is 6.18 Å². The molecular weight excluding hydrogens is 549 g/mol. The number of amides is 2. The normalized spacial score (nSPS) is 13.6. The lowest BCUT2D eigenvalue weighted by Gasteiger charge is -2.17. The van der Waals surface area contributed by atoms with Gasteiger partial charge < -0.3 is 20.1 Å². The van der Waals surface area contributed by atoms with Crippen molar-refractivity contribution in [3.8, 4) is 17.2 Å². The topological polar surface area (TPSA) is 92.8 Å². The van der Waals surface area contributed by atoms with Gasteiger partial charge in [0.1, 0.15) is 29.5 Å². The van der Waals surface area contributed by atoms with Gasteiger partial charge in [0.05, 0.1) is 5.56 Å². The highest BCUT2D eigenvalue weighted by molar-refractivity contribution is 6.06. The third kappa shape index (κ3) is 7.16. The number of fused-ring (bicyclic) bond motifs is 1. The molecule has 0 atom stereocenters. The maximum atomic E-state index is 13.6. The Hall–Kier alpha value is -4.64. The van der Waals surface area contributed by atoms with Crippen molar-refractivity contribution in [2.24, 2.45) is 0 Å². The number of pyridine rings is 1.